The number of aliphatic hydroxyl groups excluding tert-OH is 1. The molecular formula is C25H35F3N6O3. The van der Waals surface area contributed by atoms with Gasteiger partial charge in [-0.1, -0.05) is 12.1 Å². The van der Waals surface area contributed by atoms with Crippen molar-refractivity contribution in [2.45, 2.75) is 31.7 Å². The fourth-order valence-electron chi connectivity index (χ4n) is 4.51. The molecule has 2 aliphatic heterocycles. The minimum absolute atomic E-state index is 0.126. The molecule has 204 valence electrons. The van der Waals surface area contributed by atoms with Gasteiger partial charge in [-0.2, -0.15) is 13.2 Å². The van der Waals surface area contributed by atoms with Crippen LogP contribution in [0.4, 0.5) is 24.8 Å². The Bertz CT molecular complexity index is 1030. The second-order valence-electron chi connectivity index (χ2n) is 9.48. The normalized spacial score (nSPS) is 19.7. The number of hydrogen-bond acceptors (Lipinski definition) is 9. The lowest BCUT2D eigenvalue weighted by Crippen LogP contribution is -2.49. The van der Waals surface area contributed by atoms with Crippen molar-refractivity contribution in [3.05, 3.63) is 29.8 Å². The summed E-state index contributed by atoms with van der Waals surface area (Å²) in [7, 11) is 1.76. The highest BCUT2D eigenvalue weighted by molar-refractivity contribution is 5.67. The first-order valence-corrected chi connectivity index (χ1v) is 12.5. The first-order chi connectivity index (χ1) is 17.7. The third kappa shape index (κ3) is 7.67. The van der Waals surface area contributed by atoms with Crippen LogP contribution < -0.4 is 20.3 Å². The van der Waals surface area contributed by atoms with Crippen molar-refractivity contribution < 1.29 is 27.8 Å². The highest BCUT2D eigenvalue weighted by Gasteiger charge is 2.33. The Hall–Kier alpha value is -2.67. The molecule has 0 amide bonds. The zero-order chi connectivity index (χ0) is 26.4. The Morgan fingerprint density at radius 2 is 2.00 bits per heavy atom. The van der Waals surface area contributed by atoms with Crippen LogP contribution in [0.15, 0.2) is 24.3 Å². The van der Waals surface area contributed by atoms with Crippen molar-refractivity contribution >= 4 is 11.6 Å². The largest absolute Gasteiger partial charge is 0.491 e. The van der Waals surface area contributed by atoms with Crippen LogP contribution in [0.1, 0.15) is 12.0 Å². The molecule has 0 aliphatic carbocycles. The van der Waals surface area contributed by atoms with Gasteiger partial charge in [-0.25, -0.2) is 9.97 Å². The minimum Gasteiger partial charge on any atom is -0.491 e. The molecule has 0 bridgehead atoms. The van der Waals surface area contributed by atoms with E-state index in [4.69, 9.17) is 19.4 Å². The Balaban J connectivity index is 1.58. The number of ether oxygens (including phenoxy) is 2. The fraction of sp³-hybridized carbons (Fsp3) is 0.600. The van der Waals surface area contributed by atoms with Gasteiger partial charge in [0.2, 0.25) is 0 Å². The van der Waals surface area contributed by atoms with Crippen molar-refractivity contribution in [1.29, 1.82) is 0 Å². The lowest BCUT2D eigenvalue weighted by atomic mass is 10.1. The fourth-order valence-corrected chi connectivity index (χ4v) is 4.51. The molecule has 0 saturated carbocycles. The van der Waals surface area contributed by atoms with Gasteiger partial charge in [0.05, 0.1) is 19.2 Å². The van der Waals surface area contributed by atoms with Crippen LogP contribution in [0.5, 0.6) is 5.75 Å². The molecule has 2 saturated heterocycles. The van der Waals surface area contributed by atoms with Gasteiger partial charge >= 0.3 is 6.18 Å². The van der Waals surface area contributed by atoms with Crippen LogP contribution in [0.25, 0.3) is 11.4 Å². The van der Waals surface area contributed by atoms with Crippen LogP contribution in [0, 0.1) is 6.92 Å². The van der Waals surface area contributed by atoms with Gasteiger partial charge in [0.15, 0.2) is 5.82 Å². The number of piperazine rings is 1. The smallest absolute Gasteiger partial charge is 0.401 e. The summed E-state index contributed by atoms with van der Waals surface area (Å²) in [5.41, 5.74) is 1.59. The number of benzene rings is 1. The summed E-state index contributed by atoms with van der Waals surface area (Å²) in [6.07, 6.45) is -3.99. The standard InChI is InChI=1S/C25H35F3N6O3/c1-17-22(30-19-6-11-36-14-19)31-23(18-4-3-5-21(12-18)37-15-20(35)13-29-2)32-24(17)34-9-7-33(8-10-34)16-25(26,27)28/h3-5,12,19-20,29,35H,6-11,13-16H2,1-2H3,(H,30,31,32). The zero-order valence-corrected chi connectivity index (χ0v) is 21.2. The van der Waals surface area contributed by atoms with Crippen molar-refractivity contribution in [2.24, 2.45) is 0 Å². The van der Waals surface area contributed by atoms with Crippen molar-refractivity contribution in [1.82, 2.24) is 20.2 Å². The first-order valence-electron chi connectivity index (χ1n) is 12.5. The number of aromatic nitrogens is 2. The van der Waals surface area contributed by atoms with Gasteiger partial charge in [0.25, 0.3) is 0 Å². The first kappa shape index (κ1) is 27.4. The Labute approximate surface area is 215 Å². The van der Waals surface area contributed by atoms with E-state index in [1.54, 1.807) is 13.1 Å². The molecular weight excluding hydrogens is 489 g/mol. The number of halogens is 3. The van der Waals surface area contributed by atoms with E-state index < -0.39 is 18.8 Å². The van der Waals surface area contributed by atoms with Crippen molar-refractivity contribution in [2.75, 3.05) is 76.4 Å². The van der Waals surface area contributed by atoms with Gasteiger partial charge in [-0.3, -0.25) is 4.90 Å². The monoisotopic (exact) mass is 524 g/mol. The Morgan fingerprint density at radius 1 is 1.22 bits per heavy atom. The topological polar surface area (TPSA) is 95.0 Å². The number of likely N-dealkylation sites (N-methyl/N-ethyl adjacent to an activating group) is 1. The number of rotatable bonds is 10. The molecule has 4 rings (SSSR count). The molecule has 37 heavy (non-hydrogen) atoms. The third-order valence-electron chi connectivity index (χ3n) is 6.44. The van der Waals surface area contributed by atoms with Crippen LogP contribution in [0.3, 0.4) is 0 Å². The molecule has 1 aromatic carbocycles. The highest BCUT2D eigenvalue weighted by atomic mass is 19.4. The van der Waals surface area contributed by atoms with Crippen molar-refractivity contribution in [3.8, 4) is 17.1 Å². The summed E-state index contributed by atoms with van der Waals surface area (Å²) in [6, 6.07) is 7.48. The minimum atomic E-state index is -4.21. The SMILES string of the molecule is CNCC(O)COc1cccc(-c2nc(NC3CCOC3)c(C)c(N3CCN(CC(F)(F)F)CC3)n2)c1. The lowest BCUT2D eigenvalue weighted by Gasteiger charge is -2.36. The molecule has 1 aromatic heterocycles. The number of hydrogen-bond donors (Lipinski definition) is 3. The molecule has 12 heteroatoms. The number of nitrogens with zero attached hydrogens (tertiary/aromatic N) is 4. The highest BCUT2D eigenvalue weighted by Crippen LogP contribution is 2.31. The van der Waals surface area contributed by atoms with Crippen LogP contribution >= 0.6 is 0 Å². The summed E-state index contributed by atoms with van der Waals surface area (Å²) < 4.78 is 49.8. The predicted molar refractivity (Wildman–Crippen MR) is 135 cm³/mol. The average molecular weight is 525 g/mol. The van der Waals surface area contributed by atoms with E-state index in [2.05, 4.69) is 10.6 Å². The van der Waals surface area contributed by atoms with E-state index in [9.17, 15) is 18.3 Å². The Kier molecular flexibility index (Phi) is 9.06. The van der Waals surface area contributed by atoms with Gasteiger partial charge in [0.1, 0.15) is 30.1 Å². The van der Waals surface area contributed by atoms with Crippen molar-refractivity contribution in [3.63, 3.8) is 0 Å². The van der Waals surface area contributed by atoms with E-state index in [0.717, 1.165) is 17.5 Å². The maximum atomic E-state index is 12.9. The molecule has 0 spiro atoms. The lowest BCUT2D eigenvalue weighted by molar-refractivity contribution is -0.146. The van der Waals surface area contributed by atoms with E-state index in [1.807, 2.05) is 30.0 Å². The second kappa shape index (κ2) is 12.2. The van der Waals surface area contributed by atoms with E-state index >= 15 is 0 Å². The molecule has 2 aromatic rings. The maximum Gasteiger partial charge on any atom is 0.401 e. The van der Waals surface area contributed by atoms with E-state index in [-0.39, 0.29) is 12.6 Å². The van der Waals surface area contributed by atoms with E-state index in [1.165, 1.54) is 4.90 Å². The molecule has 2 unspecified atom stereocenters. The van der Waals surface area contributed by atoms with Gasteiger partial charge in [0, 0.05) is 50.5 Å². The van der Waals surface area contributed by atoms with Gasteiger partial charge < -0.3 is 30.1 Å². The molecule has 2 atom stereocenters. The van der Waals surface area contributed by atoms with Crippen LogP contribution in [-0.4, -0.2) is 104 Å². The maximum absolute atomic E-state index is 12.9. The summed E-state index contributed by atoms with van der Waals surface area (Å²) in [5, 5.41) is 16.3. The van der Waals surface area contributed by atoms with Gasteiger partial charge in [-0.15, -0.1) is 0 Å². The molecule has 2 aliphatic rings. The van der Waals surface area contributed by atoms with E-state index in [0.29, 0.717) is 69.1 Å². The number of nitrogens with one attached hydrogen (secondary N) is 2. The molecule has 2 fully saturated rings. The average Bonchev–Trinajstić information content (AvgIpc) is 3.37. The van der Waals surface area contributed by atoms with Crippen LogP contribution in [-0.2, 0) is 4.74 Å². The summed E-state index contributed by atoms with van der Waals surface area (Å²) in [5.74, 6) is 2.46. The third-order valence-corrected chi connectivity index (χ3v) is 6.44. The Morgan fingerprint density at radius 3 is 2.68 bits per heavy atom. The summed E-state index contributed by atoms with van der Waals surface area (Å²) >= 11 is 0. The quantitative estimate of drug-likeness (QED) is 0.433. The molecule has 0 radical (unpaired) electrons. The number of aliphatic hydroxyl groups is 1. The second-order valence-corrected chi connectivity index (χ2v) is 9.48. The number of anilines is 2. The summed E-state index contributed by atoms with van der Waals surface area (Å²) in [4.78, 5) is 13.1. The predicted octanol–water partition coefficient (Wildman–Crippen LogP) is 2.30. The number of alkyl halides is 3. The molecule has 3 N–H and O–H groups in total. The molecule has 9 nitrogen and oxygen atoms in total. The van der Waals surface area contributed by atoms with Crippen LogP contribution in [0.2, 0.25) is 0 Å². The zero-order valence-electron chi connectivity index (χ0n) is 21.2. The van der Waals surface area contributed by atoms with Gasteiger partial charge in [-0.05, 0) is 32.5 Å². The molecule has 3 heterocycles. The summed E-state index contributed by atoms with van der Waals surface area (Å²) in [6.45, 7) is 4.33.